The van der Waals surface area contributed by atoms with Crippen molar-refractivity contribution in [1.82, 2.24) is 5.32 Å². The number of benzene rings is 1. The molecule has 4 nitrogen and oxygen atoms in total. The molecule has 1 fully saturated rings. The molecule has 1 aromatic rings. The fourth-order valence-electron chi connectivity index (χ4n) is 2.11. The van der Waals surface area contributed by atoms with E-state index in [2.05, 4.69) is 10.6 Å². The van der Waals surface area contributed by atoms with Crippen LogP contribution in [-0.4, -0.2) is 32.2 Å². The van der Waals surface area contributed by atoms with Gasteiger partial charge in [0.05, 0.1) is 0 Å². The Kier molecular flexibility index (Phi) is 5.30. The SMILES string of the molecule is O=C(COCCC1CCNC1)Nc1ccc(F)cc1. The van der Waals surface area contributed by atoms with Crippen LogP contribution >= 0.6 is 0 Å². The van der Waals surface area contributed by atoms with Crippen molar-refractivity contribution in [2.75, 3.05) is 31.6 Å². The molecular weight excluding hydrogens is 247 g/mol. The van der Waals surface area contributed by atoms with Crippen LogP contribution in [0.4, 0.5) is 10.1 Å². The van der Waals surface area contributed by atoms with Gasteiger partial charge in [0, 0.05) is 12.3 Å². The van der Waals surface area contributed by atoms with Gasteiger partial charge in [-0.15, -0.1) is 0 Å². The Bertz CT molecular complexity index is 402. The van der Waals surface area contributed by atoms with Crippen molar-refractivity contribution in [3.05, 3.63) is 30.1 Å². The summed E-state index contributed by atoms with van der Waals surface area (Å²) in [6, 6.07) is 5.67. The highest BCUT2D eigenvalue weighted by molar-refractivity contribution is 5.91. The van der Waals surface area contributed by atoms with Gasteiger partial charge in [-0.25, -0.2) is 4.39 Å². The molecule has 0 aliphatic carbocycles. The van der Waals surface area contributed by atoms with Gasteiger partial charge >= 0.3 is 0 Å². The molecule has 1 atom stereocenters. The van der Waals surface area contributed by atoms with E-state index in [1.807, 2.05) is 0 Å². The summed E-state index contributed by atoms with van der Waals surface area (Å²) in [5, 5.41) is 5.95. The van der Waals surface area contributed by atoms with Crippen LogP contribution in [0.1, 0.15) is 12.8 Å². The predicted octanol–water partition coefficient (Wildman–Crippen LogP) is 1.78. The molecule has 1 saturated heterocycles. The van der Waals surface area contributed by atoms with Crippen molar-refractivity contribution >= 4 is 11.6 Å². The largest absolute Gasteiger partial charge is 0.372 e. The lowest BCUT2D eigenvalue weighted by atomic mass is 10.1. The van der Waals surface area contributed by atoms with Crippen molar-refractivity contribution in [2.45, 2.75) is 12.8 Å². The first-order valence-corrected chi connectivity index (χ1v) is 6.58. The first-order chi connectivity index (χ1) is 9.24. The molecule has 1 aliphatic rings. The minimum absolute atomic E-state index is 0.0392. The van der Waals surface area contributed by atoms with E-state index in [1.165, 1.54) is 30.7 Å². The van der Waals surface area contributed by atoms with E-state index >= 15 is 0 Å². The van der Waals surface area contributed by atoms with E-state index in [1.54, 1.807) is 0 Å². The fourth-order valence-corrected chi connectivity index (χ4v) is 2.11. The maximum atomic E-state index is 12.7. The van der Waals surface area contributed by atoms with E-state index in [9.17, 15) is 9.18 Å². The zero-order chi connectivity index (χ0) is 13.5. The molecule has 1 amide bonds. The Morgan fingerprint density at radius 2 is 2.21 bits per heavy atom. The number of nitrogens with one attached hydrogen (secondary N) is 2. The number of halogens is 1. The van der Waals surface area contributed by atoms with Crippen molar-refractivity contribution < 1.29 is 13.9 Å². The van der Waals surface area contributed by atoms with Crippen LogP contribution in [0.25, 0.3) is 0 Å². The molecule has 0 radical (unpaired) electrons. The van der Waals surface area contributed by atoms with Gasteiger partial charge in [-0.3, -0.25) is 4.79 Å². The molecule has 2 rings (SSSR count). The Morgan fingerprint density at radius 1 is 1.42 bits per heavy atom. The number of ether oxygens (including phenoxy) is 1. The lowest BCUT2D eigenvalue weighted by molar-refractivity contribution is -0.120. The van der Waals surface area contributed by atoms with Crippen molar-refractivity contribution in [2.24, 2.45) is 5.92 Å². The van der Waals surface area contributed by atoms with E-state index < -0.39 is 0 Å². The number of anilines is 1. The van der Waals surface area contributed by atoms with E-state index in [0.29, 0.717) is 18.2 Å². The Labute approximate surface area is 112 Å². The van der Waals surface area contributed by atoms with Gasteiger partial charge in [0.2, 0.25) is 5.91 Å². The second-order valence-corrected chi connectivity index (χ2v) is 4.76. The van der Waals surface area contributed by atoms with Crippen LogP contribution in [0.2, 0.25) is 0 Å². The van der Waals surface area contributed by atoms with E-state index in [4.69, 9.17) is 4.74 Å². The number of rotatable bonds is 6. The average Bonchev–Trinajstić information content (AvgIpc) is 2.91. The topological polar surface area (TPSA) is 50.4 Å². The van der Waals surface area contributed by atoms with Gasteiger partial charge in [-0.2, -0.15) is 0 Å². The van der Waals surface area contributed by atoms with Crippen molar-refractivity contribution in [3.8, 4) is 0 Å². The maximum Gasteiger partial charge on any atom is 0.250 e. The lowest BCUT2D eigenvalue weighted by Crippen LogP contribution is -2.19. The monoisotopic (exact) mass is 266 g/mol. The summed E-state index contributed by atoms with van der Waals surface area (Å²) in [4.78, 5) is 11.6. The van der Waals surface area contributed by atoms with Crippen molar-refractivity contribution in [3.63, 3.8) is 0 Å². The summed E-state index contributed by atoms with van der Waals surface area (Å²) in [5.74, 6) is 0.135. The standard InChI is InChI=1S/C14H19FN2O2/c15-12-1-3-13(4-2-12)17-14(18)10-19-8-6-11-5-7-16-9-11/h1-4,11,16H,5-10H2,(H,17,18). The van der Waals surface area contributed by atoms with Gasteiger partial charge in [-0.1, -0.05) is 0 Å². The lowest BCUT2D eigenvalue weighted by Gasteiger charge is -2.09. The quantitative estimate of drug-likeness (QED) is 0.772. The zero-order valence-corrected chi connectivity index (χ0v) is 10.8. The third-order valence-corrected chi connectivity index (χ3v) is 3.19. The second kappa shape index (κ2) is 7.21. The molecule has 1 aromatic carbocycles. The minimum atomic E-state index is -0.320. The molecule has 1 unspecified atom stereocenters. The highest BCUT2D eigenvalue weighted by Gasteiger charge is 2.13. The highest BCUT2D eigenvalue weighted by atomic mass is 19.1. The first kappa shape index (κ1) is 14.0. The highest BCUT2D eigenvalue weighted by Crippen LogP contribution is 2.12. The van der Waals surface area contributed by atoms with Crippen LogP contribution in [0, 0.1) is 11.7 Å². The molecule has 0 saturated carbocycles. The summed E-state index contributed by atoms with van der Waals surface area (Å²) in [5.41, 5.74) is 0.579. The molecule has 104 valence electrons. The number of hydrogen-bond donors (Lipinski definition) is 2. The molecule has 1 aliphatic heterocycles. The average molecular weight is 266 g/mol. The first-order valence-electron chi connectivity index (χ1n) is 6.58. The predicted molar refractivity (Wildman–Crippen MR) is 71.4 cm³/mol. The summed E-state index contributed by atoms with van der Waals surface area (Å²) >= 11 is 0. The molecule has 2 N–H and O–H groups in total. The third kappa shape index (κ3) is 4.96. The molecular formula is C14H19FN2O2. The molecule has 0 aromatic heterocycles. The van der Waals surface area contributed by atoms with Gasteiger partial charge in [-0.05, 0) is 56.1 Å². The van der Waals surface area contributed by atoms with Crippen LogP contribution in [0.15, 0.2) is 24.3 Å². The van der Waals surface area contributed by atoms with E-state index in [-0.39, 0.29) is 18.3 Å². The fraction of sp³-hybridized carbons (Fsp3) is 0.500. The van der Waals surface area contributed by atoms with Gasteiger partial charge in [0.15, 0.2) is 0 Å². The summed E-state index contributed by atoms with van der Waals surface area (Å²) in [6.07, 6.45) is 2.17. The van der Waals surface area contributed by atoms with Gasteiger partial charge < -0.3 is 15.4 Å². The van der Waals surface area contributed by atoms with Crippen LogP contribution < -0.4 is 10.6 Å². The smallest absolute Gasteiger partial charge is 0.250 e. The minimum Gasteiger partial charge on any atom is -0.372 e. The Morgan fingerprint density at radius 3 is 2.89 bits per heavy atom. The maximum absolute atomic E-state index is 12.7. The summed E-state index contributed by atoms with van der Waals surface area (Å²) < 4.78 is 18.0. The van der Waals surface area contributed by atoms with E-state index in [0.717, 1.165) is 19.5 Å². The normalized spacial score (nSPS) is 18.5. The second-order valence-electron chi connectivity index (χ2n) is 4.76. The Balaban J connectivity index is 1.60. The third-order valence-electron chi connectivity index (χ3n) is 3.19. The zero-order valence-electron chi connectivity index (χ0n) is 10.8. The van der Waals surface area contributed by atoms with Crippen LogP contribution in [-0.2, 0) is 9.53 Å². The van der Waals surface area contributed by atoms with Crippen LogP contribution in [0.5, 0.6) is 0 Å². The van der Waals surface area contributed by atoms with Gasteiger partial charge in [0.1, 0.15) is 12.4 Å². The molecule has 19 heavy (non-hydrogen) atoms. The Hall–Kier alpha value is -1.46. The molecule has 0 bridgehead atoms. The summed E-state index contributed by atoms with van der Waals surface area (Å²) in [6.45, 7) is 2.77. The van der Waals surface area contributed by atoms with Crippen LogP contribution in [0.3, 0.4) is 0 Å². The molecule has 0 spiro atoms. The molecule has 5 heteroatoms. The number of amides is 1. The summed E-state index contributed by atoms with van der Waals surface area (Å²) in [7, 11) is 0. The number of carbonyl (C=O) groups is 1. The number of hydrogen-bond acceptors (Lipinski definition) is 3. The number of carbonyl (C=O) groups excluding carboxylic acids is 1. The van der Waals surface area contributed by atoms with Crippen molar-refractivity contribution in [1.29, 1.82) is 0 Å². The molecule has 1 heterocycles. The van der Waals surface area contributed by atoms with Gasteiger partial charge in [0.25, 0.3) is 0 Å².